The molecule has 3 rings (SSSR count). The van der Waals surface area contributed by atoms with Crippen LogP contribution < -0.4 is 5.32 Å². The van der Waals surface area contributed by atoms with Gasteiger partial charge in [-0.05, 0) is 18.1 Å². The van der Waals surface area contributed by atoms with Crippen molar-refractivity contribution in [2.24, 2.45) is 5.92 Å². The average Bonchev–Trinajstić information content (AvgIpc) is 3.42. The number of halogens is 1. The normalized spacial score (nSPS) is 20.0. The Morgan fingerprint density at radius 2 is 1.82 bits per heavy atom. The minimum Gasteiger partial charge on any atom is -0.456 e. The Kier molecular flexibility index (Phi) is 8.09. The van der Waals surface area contributed by atoms with Gasteiger partial charge in [-0.3, -0.25) is 9.59 Å². The van der Waals surface area contributed by atoms with Crippen molar-refractivity contribution in [3.8, 4) is 0 Å². The van der Waals surface area contributed by atoms with Crippen LogP contribution in [-0.4, -0.2) is 80.0 Å². The number of carbonyl (C=O) groups excluding carboxylic acids is 4. The number of ether oxygens (including phenoxy) is 4. The lowest BCUT2D eigenvalue weighted by molar-refractivity contribution is -0.153. The zero-order chi connectivity index (χ0) is 24.2. The Labute approximate surface area is 200 Å². The highest BCUT2D eigenvalue weighted by Crippen LogP contribution is 2.36. The number of ketones is 1. The average molecular weight is 527 g/mol. The Balaban J connectivity index is 1.74. The van der Waals surface area contributed by atoms with E-state index in [-0.39, 0.29) is 24.7 Å². The number of Topliss-reactive ketones (excluding diaryl/α,β-unsaturated/α-hetero) is 1. The van der Waals surface area contributed by atoms with E-state index in [9.17, 15) is 19.2 Å². The molecule has 0 aliphatic carbocycles. The second-order valence-electron chi connectivity index (χ2n) is 8.19. The van der Waals surface area contributed by atoms with E-state index in [1.54, 1.807) is 38.1 Å². The van der Waals surface area contributed by atoms with Gasteiger partial charge in [0.25, 0.3) is 0 Å². The monoisotopic (exact) mass is 526 g/mol. The third kappa shape index (κ3) is 5.90. The number of benzene rings is 1. The van der Waals surface area contributed by atoms with Gasteiger partial charge in [-0.2, -0.15) is 0 Å². The maximum Gasteiger partial charge on any atom is 0.407 e. The van der Waals surface area contributed by atoms with Crippen LogP contribution in [0.1, 0.15) is 30.6 Å². The van der Waals surface area contributed by atoms with E-state index in [0.717, 1.165) is 4.47 Å². The SMILES string of the molecule is COC(=O)NC(C(=O)N1CC2(C[C@H]1C(=O)OCC(=O)c1ccc(Br)cc1)OCCO2)C(C)C. The van der Waals surface area contributed by atoms with Gasteiger partial charge in [0, 0.05) is 16.5 Å². The first-order valence-corrected chi connectivity index (χ1v) is 11.3. The second kappa shape index (κ2) is 10.6. The molecule has 33 heavy (non-hydrogen) atoms. The maximum atomic E-state index is 13.4. The van der Waals surface area contributed by atoms with Gasteiger partial charge in [0.15, 0.2) is 18.2 Å². The van der Waals surface area contributed by atoms with Crippen molar-refractivity contribution in [2.75, 3.05) is 33.5 Å². The molecule has 2 amide bonds. The molecule has 2 aliphatic rings. The van der Waals surface area contributed by atoms with E-state index in [4.69, 9.17) is 14.2 Å². The summed E-state index contributed by atoms with van der Waals surface area (Å²) in [5.74, 6) is -3.02. The fourth-order valence-corrected chi connectivity index (χ4v) is 4.08. The molecule has 1 aromatic carbocycles. The maximum absolute atomic E-state index is 13.4. The molecular formula is C22H27BrN2O8. The summed E-state index contributed by atoms with van der Waals surface area (Å²) >= 11 is 3.30. The van der Waals surface area contributed by atoms with E-state index in [2.05, 4.69) is 26.0 Å². The number of hydrogen-bond acceptors (Lipinski definition) is 8. The standard InChI is InChI=1S/C22H27BrN2O8/c1-13(2)18(24-21(29)30-3)19(27)25-12-22(32-8-9-33-22)10-16(25)20(28)31-11-17(26)14-4-6-15(23)7-5-14/h4-7,13,16,18H,8-12H2,1-3H3,(H,24,29)/t16-,18?/m0/s1. The Morgan fingerprint density at radius 1 is 1.18 bits per heavy atom. The third-order valence-electron chi connectivity index (χ3n) is 5.56. The molecule has 1 aromatic rings. The van der Waals surface area contributed by atoms with E-state index in [1.807, 2.05) is 0 Å². The molecule has 180 valence electrons. The van der Waals surface area contributed by atoms with Gasteiger partial charge < -0.3 is 29.2 Å². The Hall–Kier alpha value is -2.50. The number of amides is 2. The van der Waals surface area contributed by atoms with Crippen LogP contribution in [-0.2, 0) is 28.5 Å². The number of alkyl carbamates (subject to hydrolysis) is 1. The molecule has 2 fully saturated rings. The third-order valence-corrected chi connectivity index (χ3v) is 6.09. The summed E-state index contributed by atoms with van der Waals surface area (Å²) in [4.78, 5) is 51.8. The van der Waals surface area contributed by atoms with Crippen molar-refractivity contribution in [3.05, 3.63) is 34.3 Å². The van der Waals surface area contributed by atoms with E-state index < -0.39 is 42.4 Å². The Morgan fingerprint density at radius 3 is 2.39 bits per heavy atom. The van der Waals surface area contributed by atoms with E-state index >= 15 is 0 Å². The van der Waals surface area contributed by atoms with Gasteiger partial charge in [-0.15, -0.1) is 0 Å². The number of rotatable bonds is 7. The molecule has 0 aromatic heterocycles. The molecular weight excluding hydrogens is 500 g/mol. The first-order valence-electron chi connectivity index (χ1n) is 10.5. The molecule has 1 unspecified atom stereocenters. The molecule has 0 bridgehead atoms. The van der Waals surface area contributed by atoms with E-state index in [1.165, 1.54) is 12.0 Å². The highest BCUT2D eigenvalue weighted by Gasteiger charge is 2.54. The number of nitrogens with one attached hydrogen (secondary N) is 1. The largest absolute Gasteiger partial charge is 0.456 e. The number of likely N-dealkylation sites (tertiary alicyclic amines) is 1. The summed E-state index contributed by atoms with van der Waals surface area (Å²) in [5, 5.41) is 2.51. The van der Waals surface area contributed by atoms with Crippen LogP contribution in [0.4, 0.5) is 4.79 Å². The molecule has 2 aliphatic heterocycles. The topological polar surface area (TPSA) is 120 Å². The number of hydrogen-bond donors (Lipinski definition) is 1. The summed E-state index contributed by atoms with van der Waals surface area (Å²) in [6.45, 7) is 3.72. The van der Waals surface area contributed by atoms with Gasteiger partial charge in [-0.1, -0.05) is 41.9 Å². The van der Waals surface area contributed by atoms with Crippen molar-refractivity contribution in [1.82, 2.24) is 10.2 Å². The quantitative estimate of drug-likeness (QED) is 0.422. The van der Waals surface area contributed by atoms with Crippen molar-refractivity contribution in [1.29, 1.82) is 0 Å². The van der Waals surface area contributed by atoms with Crippen molar-refractivity contribution in [2.45, 2.75) is 38.1 Å². The first kappa shape index (κ1) is 25.1. The summed E-state index contributed by atoms with van der Waals surface area (Å²) in [6.07, 6.45) is -0.698. The van der Waals surface area contributed by atoms with Crippen LogP contribution in [0.5, 0.6) is 0 Å². The summed E-state index contributed by atoms with van der Waals surface area (Å²) < 4.78 is 22.1. The summed E-state index contributed by atoms with van der Waals surface area (Å²) in [5.41, 5.74) is 0.395. The number of esters is 1. The lowest BCUT2D eigenvalue weighted by atomic mass is 10.0. The van der Waals surface area contributed by atoms with Crippen molar-refractivity contribution < 1.29 is 38.1 Å². The van der Waals surface area contributed by atoms with Crippen LogP contribution in [0.25, 0.3) is 0 Å². The van der Waals surface area contributed by atoms with Gasteiger partial charge in [0.05, 0.1) is 26.9 Å². The predicted octanol–water partition coefficient (Wildman–Crippen LogP) is 1.90. The molecule has 1 N–H and O–H groups in total. The summed E-state index contributed by atoms with van der Waals surface area (Å²) in [7, 11) is 1.20. The lowest BCUT2D eigenvalue weighted by Crippen LogP contribution is -2.54. The Bertz CT molecular complexity index is 898. The van der Waals surface area contributed by atoms with Crippen LogP contribution in [0.15, 0.2) is 28.7 Å². The van der Waals surface area contributed by atoms with Crippen LogP contribution in [0.3, 0.4) is 0 Å². The van der Waals surface area contributed by atoms with E-state index in [0.29, 0.717) is 18.8 Å². The second-order valence-corrected chi connectivity index (χ2v) is 9.10. The first-order chi connectivity index (χ1) is 15.7. The summed E-state index contributed by atoms with van der Waals surface area (Å²) in [6, 6.07) is 4.69. The molecule has 11 heteroatoms. The molecule has 10 nitrogen and oxygen atoms in total. The predicted molar refractivity (Wildman–Crippen MR) is 118 cm³/mol. The van der Waals surface area contributed by atoms with Gasteiger partial charge in [0.2, 0.25) is 5.91 Å². The number of methoxy groups -OCH3 is 1. The molecule has 2 saturated heterocycles. The number of nitrogens with zero attached hydrogens (tertiary/aromatic N) is 1. The zero-order valence-corrected chi connectivity index (χ0v) is 20.3. The lowest BCUT2D eigenvalue weighted by Gasteiger charge is -2.29. The fourth-order valence-electron chi connectivity index (χ4n) is 3.82. The van der Waals surface area contributed by atoms with Gasteiger partial charge in [-0.25, -0.2) is 9.59 Å². The number of carbonyl (C=O) groups is 4. The van der Waals surface area contributed by atoms with Crippen molar-refractivity contribution >= 4 is 39.7 Å². The van der Waals surface area contributed by atoms with Crippen LogP contribution >= 0.6 is 15.9 Å². The fraction of sp³-hybridized carbons (Fsp3) is 0.545. The smallest absolute Gasteiger partial charge is 0.407 e. The van der Waals surface area contributed by atoms with Gasteiger partial charge >= 0.3 is 12.1 Å². The zero-order valence-electron chi connectivity index (χ0n) is 18.7. The van der Waals surface area contributed by atoms with Crippen LogP contribution in [0, 0.1) is 5.92 Å². The highest BCUT2D eigenvalue weighted by atomic mass is 79.9. The molecule has 0 saturated carbocycles. The minimum atomic E-state index is -1.12. The molecule has 0 radical (unpaired) electrons. The highest BCUT2D eigenvalue weighted by molar-refractivity contribution is 9.10. The van der Waals surface area contributed by atoms with Crippen molar-refractivity contribution in [3.63, 3.8) is 0 Å². The molecule has 2 atom stereocenters. The molecule has 1 spiro atoms. The minimum absolute atomic E-state index is 0.00166. The van der Waals surface area contributed by atoms with Crippen LogP contribution in [0.2, 0.25) is 0 Å². The molecule has 2 heterocycles. The van der Waals surface area contributed by atoms with Gasteiger partial charge in [0.1, 0.15) is 12.1 Å².